The van der Waals surface area contributed by atoms with E-state index >= 15 is 0 Å². The molecule has 1 unspecified atom stereocenters. The lowest BCUT2D eigenvalue weighted by atomic mass is 10.0. The fourth-order valence-corrected chi connectivity index (χ4v) is 2.40. The average Bonchev–Trinajstić information content (AvgIpc) is 2.63. The van der Waals surface area contributed by atoms with E-state index in [-0.39, 0.29) is 5.75 Å². The smallest absolute Gasteiger partial charge is 0.115 e. The van der Waals surface area contributed by atoms with Gasteiger partial charge in [0.25, 0.3) is 0 Å². The molecule has 0 fully saturated rings. The average molecular weight is 249 g/mol. The number of phenolic OH excluding ortho intramolecular Hbond substituents is 1. The number of nitrogens with zero attached hydrogens (tertiary/aromatic N) is 1. The summed E-state index contributed by atoms with van der Waals surface area (Å²) in [5, 5.41) is 22.3. The van der Waals surface area contributed by atoms with Crippen LogP contribution in [0.5, 0.6) is 5.75 Å². The van der Waals surface area contributed by atoms with Crippen LogP contribution in [0.3, 0.4) is 0 Å². The molecule has 0 radical (unpaired) electrons. The van der Waals surface area contributed by atoms with Gasteiger partial charge in [0.1, 0.15) is 5.75 Å². The molecule has 0 saturated carbocycles. The van der Waals surface area contributed by atoms with E-state index in [1.54, 1.807) is 29.5 Å². The monoisotopic (exact) mass is 249 g/mol. The quantitative estimate of drug-likeness (QED) is 0.874. The molecule has 1 atom stereocenters. The maximum Gasteiger partial charge on any atom is 0.115 e. The Morgan fingerprint density at radius 1 is 1.35 bits per heavy atom. The van der Waals surface area contributed by atoms with Crippen molar-refractivity contribution in [1.82, 2.24) is 4.98 Å². The number of aryl methyl sites for hydroxylation is 1. The van der Waals surface area contributed by atoms with E-state index < -0.39 is 6.10 Å². The zero-order valence-corrected chi connectivity index (χ0v) is 10.4. The van der Waals surface area contributed by atoms with Gasteiger partial charge >= 0.3 is 0 Å². The number of aliphatic hydroxyl groups is 1. The molecule has 0 spiro atoms. The lowest BCUT2D eigenvalue weighted by molar-refractivity contribution is 0.174. The summed E-state index contributed by atoms with van der Waals surface area (Å²) in [6.45, 7) is 1.95. The van der Waals surface area contributed by atoms with E-state index in [9.17, 15) is 10.2 Å². The number of hydrogen-bond donors (Lipinski definition) is 2. The fraction of sp³-hybridized carbons (Fsp3) is 0.308. The standard InChI is InChI=1S/C13H15NO2S/c1-9-14-11(8-17-9)7-13(16)6-10-3-2-4-12(15)5-10/h2-5,8,13,15-16H,6-7H2,1H3. The normalized spacial score (nSPS) is 12.6. The highest BCUT2D eigenvalue weighted by molar-refractivity contribution is 7.09. The topological polar surface area (TPSA) is 53.4 Å². The molecule has 2 N–H and O–H groups in total. The van der Waals surface area contributed by atoms with E-state index in [1.165, 1.54) is 0 Å². The second-order valence-corrected chi connectivity index (χ2v) is 5.15. The predicted octanol–water partition coefficient (Wildman–Crippen LogP) is 2.30. The van der Waals surface area contributed by atoms with Gasteiger partial charge in [-0.1, -0.05) is 12.1 Å². The van der Waals surface area contributed by atoms with Crippen molar-refractivity contribution < 1.29 is 10.2 Å². The first-order valence-corrected chi connectivity index (χ1v) is 6.38. The number of hydrogen-bond acceptors (Lipinski definition) is 4. The van der Waals surface area contributed by atoms with Crippen molar-refractivity contribution in [3.63, 3.8) is 0 Å². The summed E-state index contributed by atoms with van der Waals surface area (Å²) in [6.07, 6.45) is 0.628. The van der Waals surface area contributed by atoms with Crippen molar-refractivity contribution in [1.29, 1.82) is 0 Å². The van der Waals surface area contributed by atoms with Crippen molar-refractivity contribution in [2.45, 2.75) is 25.9 Å². The molecule has 1 aromatic heterocycles. The molecule has 0 aliphatic rings. The first-order chi connectivity index (χ1) is 8.13. The SMILES string of the molecule is Cc1nc(CC(O)Cc2cccc(O)c2)cs1. The van der Waals surface area contributed by atoms with Crippen LogP contribution in [0.15, 0.2) is 29.6 Å². The fourth-order valence-electron chi connectivity index (χ4n) is 1.77. The van der Waals surface area contributed by atoms with Gasteiger partial charge < -0.3 is 10.2 Å². The third-order valence-corrected chi connectivity index (χ3v) is 3.32. The molecule has 1 aromatic carbocycles. The molecule has 17 heavy (non-hydrogen) atoms. The first-order valence-electron chi connectivity index (χ1n) is 5.50. The Bertz CT molecular complexity index is 496. The third-order valence-electron chi connectivity index (χ3n) is 2.49. The number of benzene rings is 1. The molecular weight excluding hydrogens is 234 g/mol. The van der Waals surface area contributed by atoms with Gasteiger partial charge in [-0.25, -0.2) is 4.98 Å². The first kappa shape index (κ1) is 12.1. The maximum atomic E-state index is 9.94. The highest BCUT2D eigenvalue weighted by atomic mass is 32.1. The predicted molar refractivity (Wildman–Crippen MR) is 68.4 cm³/mol. The van der Waals surface area contributed by atoms with Crippen LogP contribution in [0, 0.1) is 6.92 Å². The van der Waals surface area contributed by atoms with Crippen LogP contribution in [0.25, 0.3) is 0 Å². The van der Waals surface area contributed by atoms with Crippen LogP contribution >= 0.6 is 11.3 Å². The minimum Gasteiger partial charge on any atom is -0.508 e. The van der Waals surface area contributed by atoms with Gasteiger partial charge in [0.2, 0.25) is 0 Å². The minimum atomic E-state index is -0.460. The number of aliphatic hydroxyl groups excluding tert-OH is 1. The van der Waals surface area contributed by atoms with E-state index in [2.05, 4.69) is 4.98 Å². The van der Waals surface area contributed by atoms with Crippen LogP contribution in [-0.4, -0.2) is 21.3 Å². The second-order valence-electron chi connectivity index (χ2n) is 4.09. The summed E-state index contributed by atoms with van der Waals surface area (Å²) in [6, 6.07) is 6.98. The van der Waals surface area contributed by atoms with Crippen molar-refractivity contribution >= 4 is 11.3 Å². The Morgan fingerprint density at radius 3 is 2.82 bits per heavy atom. The minimum absolute atomic E-state index is 0.235. The molecule has 0 bridgehead atoms. The highest BCUT2D eigenvalue weighted by Gasteiger charge is 2.09. The largest absolute Gasteiger partial charge is 0.508 e. The number of thiazole rings is 1. The van der Waals surface area contributed by atoms with E-state index in [0.29, 0.717) is 12.8 Å². The Labute approximate surface area is 104 Å². The van der Waals surface area contributed by atoms with Gasteiger partial charge in [-0.2, -0.15) is 0 Å². The van der Waals surface area contributed by atoms with Gasteiger partial charge in [0, 0.05) is 11.8 Å². The summed E-state index contributed by atoms with van der Waals surface area (Å²) in [7, 11) is 0. The van der Waals surface area contributed by atoms with Crippen LogP contribution in [0.1, 0.15) is 16.3 Å². The zero-order valence-electron chi connectivity index (χ0n) is 9.63. The van der Waals surface area contributed by atoms with Gasteiger partial charge in [-0.15, -0.1) is 11.3 Å². The van der Waals surface area contributed by atoms with Crippen LogP contribution in [0.4, 0.5) is 0 Å². The summed E-state index contributed by atoms with van der Waals surface area (Å²) in [5.41, 5.74) is 1.87. The molecule has 0 aliphatic carbocycles. The second kappa shape index (κ2) is 5.29. The van der Waals surface area contributed by atoms with E-state index in [0.717, 1.165) is 16.3 Å². The molecule has 1 heterocycles. The van der Waals surface area contributed by atoms with Gasteiger partial charge in [-0.3, -0.25) is 0 Å². The maximum absolute atomic E-state index is 9.94. The van der Waals surface area contributed by atoms with Crippen LogP contribution in [-0.2, 0) is 12.8 Å². The number of aromatic hydroxyl groups is 1. The summed E-state index contributed by atoms with van der Waals surface area (Å²) in [5.74, 6) is 0.235. The number of aromatic nitrogens is 1. The van der Waals surface area contributed by atoms with Gasteiger partial charge in [-0.05, 0) is 31.0 Å². The van der Waals surface area contributed by atoms with Crippen molar-refractivity contribution in [2.24, 2.45) is 0 Å². The molecule has 90 valence electrons. The number of phenols is 1. The molecule has 0 saturated heterocycles. The Kier molecular flexibility index (Phi) is 3.76. The Hall–Kier alpha value is -1.39. The van der Waals surface area contributed by atoms with Crippen molar-refractivity contribution in [2.75, 3.05) is 0 Å². The summed E-state index contributed by atoms with van der Waals surface area (Å²) < 4.78 is 0. The lowest BCUT2D eigenvalue weighted by Crippen LogP contribution is -2.14. The molecule has 0 amide bonds. The zero-order chi connectivity index (χ0) is 12.3. The summed E-state index contributed by atoms with van der Waals surface area (Å²) in [4.78, 5) is 4.32. The van der Waals surface area contributed by atoms with Gasteiger partial charge in [0.05, 0.1) is 16.8 Å². The molecule has 0 aliphatic heterocycles. The summed E-state index contributed by atoms with van der Waals surface area (Å²) >= 11 is 1.59. The number of rotatable bonds is 4. The molecular formula is C13H15NO2S. The molecule has 4 heteroatoms. The molecule has 2 aromatic rings. The molecule has 2 rings (SSSR count). The lowest BCUT2D eigenvalue weighted by Gasteiger charge is -2.09. The van der Waals surface area contributed by atoms with Crippen LogP contribution in [0.2, 0.25) is 0 Å². The van der Waals surface area contributed by atoms with Crippen molar-refractivity contribution in [3.8, 4) is 5.75 Å². The Balaban J connectivity index is 1.95. The van der Waals surface area contributed by atoms with Gasteiger partial charge in [0.15, 0.2) is 0 Å². The molecule has 3 nitrogen and oxygen atoms in total. The Morgan fingerprint density at radius 2 is 2.18 bits per heavy atom. The van der Waals surface area contributed by atoms with Crippen LogP contribution < -0.4 is 0 Å². The van der Waals surface area contributed by atoms with E-state index in [1.807, 2.05) is 18.4 Å². The van der Waals surface area contributed by atoms with E-state index in [4.69, 9.17) is 0 Å². The third kappa shape index (κ3) is 3.54. The van der Waals surface area contributed by atoms with Crippen molar-refractivity contribution in [3.05, 3.63) is 45.9 Å². The highest BCUT2D eigenvalue weighted by Crippen LogP contribution is 2.15.